The molecule has 0 bridgehead atoms. The van der Waals surface area contributed by atoms with Gasteiger partial charge in [0.25, 0.3) is 0 Å². The Kier molecular flexibility index (Phi) is 17.4. The van der Waals surface area contributed by atoms with E-state index >= 15 is 0 Å². The minimum atomic E-state index is -2.21. The van der Waals surface area contributed by atoms with Gasteiger partial charge < -0.3 is 18.3 Å². The molecule has 264 valence electrons. The standard InChI is InChI=1S/C38H68O6Si2/c1-15-20-33(42-31(4)39)25-29(2)26-35(40)30(3)36(44-46(13,14)38(8,9)10)27-34(43-45(11,12)37(5,6)7)23-19-24-41-28-32-21-17-16-18-22-32/h16-18,21-22,26,30,33-34,36H,15,19-20,23-25,27-28H2,1-14H3/b29-26+/t30-,33-,34-,36+/m1/s1. The Morgan fingerprint density at radius 3 is 1.93 bits per heavy atom. The number of carbonyl (C=O) groups excluding carboxylic acids is 2. The van der Waals surface area contributed by atoms with Crippen LogP contribution in [0.5, 0.6) is 0 Å². The third-order valence-electron chi connectivity index (χ3n) is 9.83. The summed E-state index contributed by atoms with van der Waals surface area (Å²) in [7, 11) is -4.32. The molecule has 0 aliphatic carbocycles. The van der Waals surface area contributed by atoms with E-state index in [0.717, 1.165) is 31.3 Å². The third-order valence-corrected chi connectivity index (χ3v) is 18.9. The average molecular weight is 677 g/mol. The van der Waals surface area contributed by atoms with Gasteiger partial charge in [0.2, 0.25) is 0 Å². The summed E-state index contributed by atoms with van der Waals surface area (Å²) in [6.07, 6.45) is 5.81. The van der Waals surface area contributed by atoms with E-state index < -0.39 is 16.6 Å². The van der Waals surface area contributed by atoms with Crippen LogP contribution in [0.2, 0.25) is 36.3 Å². The monoisotopic (exact) mass is 676 g/mol. The lowest BCUT2D eigenvalue weighted by molar-refractivity contribution is -0.146. The Bertz CT molecular complexity index is 1080. The first-order valence-electron chi connectivity index (χ1n) is 17.4. The number of carbonyl (C=O) groups is 2. The molecule has 0 fully saturated rings. The van der Waals surface area contributed by atoms with Crippen molar-refractivity contribution in [3.63, 3.8) is 0 Å². The summed E-state index contributed by atoms with van der Waals surface area (Å²) in [6, 6.07) is 10.3. The van der Waals surface area contributed by atoms with Gasteiger partial charge in [0.1, 0.15) is 6.10 Å². The van der Waals surface area contributed by atoms with Gasteiger partial charge in [0.05, 0.1) is 12.7 Å². The maximum atomic E-state index is 13.9. The third kappa shape index (κ3) is 15.1. The van der Waals surface area contributed by atoms with Crippen molar-refractivity contribution in [2.24, 2.45) is 5.92 Å². The number of rotatable bonds is 20. The van der Waals surface area contributed by atoms with E-state index in [2.05, 4.69) is 86.8 Å². The molecule has 4 atom stereocenters. The maximum Gasteiger partial charge on any atom is 0.302 e. The molecule has 1 aromatic rings. The lowest BCUT2D eigenvalue weighted by atomic mass is 9.92. The fourth-order valence-electron chi connectivity index (χ4n) is 4.90. The molecule has 0 heterocycles. The molecular formula is C38H68O6Si2. The summed E-state index contributed by atoms with van der Waals surface area (Å²) >= 11 is 0. The highest BCUT2D eigenvalue weighted by molar-refractivity contribution is 6.74. The van der Waals surface area contributed by atoms with Crippen LogP contribution in [0.4, 0.5) is 0 Å². The number of benzene rings is 1. The van der Waals surface area contributed by atoms with E-state index in [4.69, 9.17) is 18.3 Å². The molecule has 1 aromatic carbocycles. The quantitative estimate of drug-likeness (QED) is 0.0592. The van der Waals surface area contributed by atoms with Gasteiger partial charge >= 0.3 is 5.97 Å². The molecule has 6 nitrogen and oxygen atoms in total. The molecule has 0 aliphatic rings. The molecular weight excluding hydrogens is 609 g/mol. The Balaban J connectivity index is 3.26. The molecule has 8 heteroatoms. The Morgan fingerprint density at radius 1 is 0.848 bits per heavy atom. The minimum Gasteiger partial charge on any atom is -0.462 e. The van der Waals surface area contributed by atoms with Gasteiger partial charge in [-0.25, -0.2) is 0 Å². The number of hydrogen-bond acceptors (Lipinski definition) is 6. The van der Waals surface area contributed by atoms with Crippen LogP contribution in [-0.4, -0.2) is 53.3 Å². The first-order chi connectivity index (χ1) is 21.1. The number of ketones is 1. The smallest absolute Gasteiger partial charge is 0.302 e. The van der Waals surface area contributed by atoms with E-state index in [1.165, 1.54) is 12.5 Å². The normalized spacial score (nSPS) is 16.1. The van der Waals surface area contributed by atoms with Crippen molar-refractivity contribution >= 4 is 28.4 Å². The van der Waals surface area contributed by atoms with Gasteiger partial charge in [-0.05, 0) is 80.5 Å². The van der Waals surface area contributed by atoms with Crippen molar-refractivity contribution in [1.82, 2.24) is 0 Å². The molecule has 1 rings (SSSR count). The second-order valence-corrected chi connectivity index (χ2v) is 25.8. The van der Waals surface area contributed by atoms with Crippen molar-refractivity contribution in [3.8, 4) is 0 Å². The Morgan fingerprint density at radius 2 is 1.41 bits per heavy atom. The fraction of sp³-hybridized carbons (Fsp3) is 0.737. The van der Waals surface area contributed by atoms with Gasteiger partial charge in [-0.1, -0.05) is 97.7 Å². The maximum absolute atomic E-state index is 13.9. The lowest BCUT2D eigenvalue weighted by Crippen LogP contribution is -2.49. The number of esters is 1. The fourth-order valence-corrected chi connectivity index (χ4v) is 7.71. The molecule has 0 aromatic heterocycles. The minimum absolute atomic E-state index is 0.00175. The van der Waals surface area contributed by atoms with Crippen molar-refractivity contribution in [2.75, 3.05) is 6.61 Å². The van der Waals surface area contributed by atoms with Crippen molar-refractivity contribution in [2.45, 2.75) is 169 Å². The van der Waals surface area contributed by atoms with Gasteiger partial charge in [0.15, 0.2) is 22.4 Å². The molecule has 0 spiro atoms. The van der Waals surface area contributed by atoms with Crippen molar-refractivity contribution in [3.05, 3.63) is 47.5 Å². The van der Waals surface area contributed by atoms with Crippen LogP contribution in [0.25, 0.3) is 0 Å². The topological polar surface area (TPSA) is 71.1 Å². The zero-order valence-corrected chi connectivity index (χ0v) is 33.9. The zero-order valence-electron chi connectivity index (χ0n) is 31.9. The number of allylic oxidation sites excluding steroid dienone is 1. The second kappa shape index (κ2) is 18.8. The second-order valence-electron chi connectivity index (χ2n) is 16.2. The molecule has 0 N–H and O–H groups in total. The Labute approximate surface area is 284 Å². The summed E-state index contributed by atoms with van der Waals surface area (Å²) in [6.45, 7) is 31.4. The van der Waals surface area contributed by atoms with E-state index in [1.54, 1.807) is 6.08 Å². The predicted molar refractivity (Wildman–Crippen MR) is 197 cm³/mol. The molecule has 46 heavy (non-hydrogen) atoms. The van der Waals surface area contributed by atoms with E-state index in [9.17, 15) is 9.59 Å². The summed E-state index contributed by atoms with van der Waals surface area (Å²) < 4.78 is 25.7. The highest BCUT2D eigenvalue weighted by Gasteiger charge is 2.43. The van der Waals surface area contributed by atoms with Crippen LogP contribution in [0.15, 0.2) is 42.0 Å². The summed E-state index contributed by atoms with van der Waals surface area (Å²) in [4.78, 5) is 25.5. The summed E-state index contributed by atoms with van der Waals surface area (Å²) in [5, 5.41) is 0.0569. The van der Waals surface area contributed by atoms with Gasteiger partial charge in [-0.3, -0.25) is 9.59 Å². The first-order valence-corrected chi connectivity index (χ1v) is 23.3. The van der Waals surface area contributed by atoms with Gasteiger partial charge in [-0.15, -0.1) is 0 Å². The van der Waals surface area contributed by atoms with Crippen LogP contribution >= 0.6 is 0 Å². The molecule has 0 unspecified atom stereocenters. The molecule has 0 amide bonds. The molecule has 0 saturated heterocycles. The summed E-state index contributed by atoms with van der Waals surface area (Å²) in [5.74, 6) is -0.578. The van der Waals surface area contributed by atoms with Crippen LogP contribution in [-0.2, 0) is 34.5 Å². The molecule has 0 radical (unpaired) electrons. The number of ether oxygens (including phenoxy) is 2. The predicted octanol–water partition coefficient (Wildman–Crippen LogP) is 10.4. The van der Waals surface area contributed by atoms with Crippen molar-refractivity contribution < 1.29 is 27.9 Å². The average Bonchev–Trinajstić information content (AvgIpc) is 2.90. The first kappa shape index (κ1) is 42.4. The van der Waals surface area contributed by atoms with E-state index in [-0.39, 0.29) is 46.1 Å². The highest BCUT2D eigenvalue weighted by atomic mass is 28.4. The van der Waals surface area contributed by atoms with Crippen LogP contribution in [0, 0.1) is 5.92 Å². The summed E-state index contributed by atoms with van der Waals surface area (Å²) in [5.41, 5.74) is 2.09. The van der Waals surface area contributed by atoms with E-state index in [0.29, 0.717) is 26.1 Å². The SMILES string of the molecule is CCC[C@H](C/C(C)=C/C(=O)[C@@H](C)[C@H](C[C@@H](CCCOCc1ccccc1)O[Si](C)(C)C(C)(C)C)O[Si](C)(C)C(C)(C)C)OC(C)=O. The van der Waals surface area contributed by atoms with Gasteiger partial charge in [-0.2, -0.15) is 0 Å². The van der Waals surface area contributed by atoms with Crippen LogP contribution in [0.1, 0.15) is 113 Å². The van der Waals surface area contributed by atoms with Gasteiger partial charge in [0, 0.05) is 32.0 Å². The van der Waals surface area contributed by atoms with Crippen LogP contribution < -0.4 is 0 Å². The molecule has 0 saturated carbocycles. The van der Waals surface area contributed by atoms with Crippen molar-refractivity contribution in [1.29, 1.82) is 0 Å². The Hall–Kier alpha value is -1.59. The van der Waals surface area contributed by atoms with Crippen LogP contribution in [0.3, 0.4) is 0 Å². The highest BCUT2D eigenvalue weighted by Crippen LogP contribution is 2.41. The molecule has 0 aliphatic heterocycles. The largest absolute Gasteiger partial charge is 0.462 e. The zero-order chi connectivity index (χ0) is 35.3. The lowest BCUT2D eigenvalue weighted by Gasteiger charge is -2.43. The van der Waals surface area contributed by atoms with E-state index in [1.807, 2.05) is 32.0 Å². The number of hydrogen-bond donors (Lipinski definition) is 0.